The average Bonchev–Trinajstić information content (AvgIpc) is 2.80. The van der Waals surface area contributed by atoms with Gasteiger partial charge in [0.25, 0.3) is 0 Å². The van der Waals surface area contributed by atoms with Crippen LogP contribution in [-0.4, -0.2) is 6.71 Å². The average molecular weight is 269 g/mol. The Balaban J connectivity index is 2.05. The molecule has 1 aromatic rings. The smallest absolute Gasteiger partial charge is 0.173 e. The zero-order chi connectivity index (χ0) is 14.5. The first kappa shape index (κ1) is 15.2. The van der Waals surface area contributed by atoms with E-state index in [1.54, 1.807) is 0 Å². The molecule has 1 aliphatic rings. The highest BCUT2D eigenvalue weighted by Gasteiger charge is 2.21. The van der Waals surface area contributed by atoms with Crippen molar-refractivity contribution in [2.45, 2.75) is 59.1 Å². The van der Waals surface area contributed by atoms with Gasteiger partial charge in [-0.1, -0.05) is 63.5 Å². The molecule has 0 saturated heterocycles. The Labute approximate surface area is 124 Å². The monoisotopic (exact) mass is 269 g/mol. The lowest BCUT2D eigenvalue weighted by molar-refractivity contribution is 0.508. The molecule has 20 heavy (non-hydrogen) atoms. The zero-order valence-corrected chi connectivity index (χ0v) is 13.3. The molecule has 1 nitrogen and oxygen atoms in total. The Morgan fingerprint density at radius 3 is 2.65 bits per heavy atom. The summed E-state index contributed by atoms with van der Waals surface area (Å²) in [5.74, 6) is 0.607. The number of nitrogens with one attached hydrogen (secondary N) is 1. The Morgan fingerprint density at radius 2 is 2.00 bits per heavy atom. The SMILES string of the molecule is C=C(Nc1ccc2c(c1)B(C)CC2)C(CCC)CCC. The van der Waals surface area contributed by atoms with Crippen LogP contribution in [0.3, 0.4) is 0 Å². The Morgan fingerprint density at radius 1 is 1.30 bits per heavy atom. The molecule has 0 saturated carbocycles. The van der Waals surface area contributed by atoms with Gasteiger partial charge in [0.05, 0.1) is 0 Å². The second kappa shape index (κ2) is 7.01. The number of anilines is 1. The molecule has 2 heteroatoms. The van der Waals surface area contributed by atoms with Crippen LogP contribution in [0.25, 0.3) is 0 Å². The maximum Gasteiger partial charge on any atom is 0.173 e. The molecule has 2 rings (SSSR count). The molecule has 0 atom stereocenters. The summed E-state index contributed by atoms with van der Waals surface area (Å²) in [6.07, 6.45) is 7.47. The van der Waals surface area contributed by atoms with Crippen molar-refractivity contribution >= 4 is 17.9 Å². The highest BCUT2D eigenvalue weighted by Crippen LogP contribution is 2.24. The zero-order valence-electron chi connectivity index (χ0n) is 13.3. The van der Waals surface area contributed by atoms with Crippen LogP contribution in [0.2, 0.25) is 13.1 Å². The first-order chi connectivity index (χ1) is 9.65. The van der Waals surface area contributed by atoms with Crippen molar-refractivity contribution in [2.24, 2.45) is 5.92 Å². The maximum absolute atomic E-state index is 4.29. The fourth-order valence-corrected chi connectivity index (χ4v) is 3.36. The Kier molecular flexibility index (Phi) is 5.34. The highest BCUT2D eigenvalue weighted by molar-refractivity contribution is 6.73. The van der Waals surface area contributed by atoms with Crippen molar-refractivity contribution in [3.05, 3.63) is 36.0 Å². The lowest BCUT2D eigenvalue weighted by Crippen LogP contribution is -2.23. The van der Waals surface area contributed by atoms with Crippen LogP contribution in [0.5, 0.6) is 0 Å². The van der Waals surface area contributed by atoms with Crippen molar-refractivity contribution < 1.29 is 0 Å². The normalized spacial score (nSPS) is 13.7. The van der Waals surface area contributed by atoms with E-state index in [1.165, 1.54) is 60.8 Å². The summed E-state index contributed by atoms with van der Waals surface area (Å²) < 4.78 is 0. The molecule has 1 aromatic carbocycles. The Hall–Kier alpha value is -1.18. The summed E-state index contributed by atoms with van der Waals surface area (Å²) >= 11 is 0. The molecule has 108 valence electrons. The summed E-state index contributed by atoms with van der Waals surface area (Å²) in [5, 5.41) is 3.57. The van der Waals surface area contributed by atoms with Crippen LogP contribution in [0.4, 0.5) is 5.69 Å². The second-order valence-electron chi connectivity index (χ2n) is 6.28. The molecule has 0 spiro atoms. The summed E-state index contributed by atoms with van der Waals surface area (Å²) in [6.45, 7) is 11.8. The molecule has 0 aliphatic carbocycles. The predicted octanol–water partition coefficient (Wildman–Crippen LogP) is 4.72. The number of hydrogen-bond donors (Lipinski definition) is 1. The molecule has 0 amide bonds. The van der Waals surface area contributed by atoms with E-state index in [2.05, 4.69) is 50.8 Å². The molecule has 0 aromatic heterocycles. The molecule has 1 N–H and O–H groups in total. The molecule has 0 bridgehead atoms. The van der Waals surface area contributed by atoms with E-state index >= 15 is 0 Å². The van der Waals surface area contributed by atoms with Crippen molar-refractivity contribution in [3.8, 4) is 0 Å². The largest absolute Gasteiger partial charge is 0.359 e. The first-order valence-corrected chi connectivity index (χ1v) is 8.24. The van der Waals surface area contributed by atoms with Gasteiger partial charge in [0.15, 0.2) is 6.71 Å². The molecular formula is C18H28BN. The highest BCUT2D eigenvalue weighted by atomic mass is 14.9. The topological polar surface area (TPSA) is 12.0 Å². The van der Waals surface area contributed by atoms with Gasteiger partial charge in [0, 0.05) is 11.4 Å². The number of rotatable bonds is 7. The third kappa shape index (κ3) is 3.47. The van der Waals surface area contributed by atoms with Gasteiger partial charge in [0.1, 0.15) is 0 Å². The summed E-state index contributed by atoms with van der Waals surface area (Å²) in [6, 6.07) is 6.85. The van der Waals surface area contributed by atoms with Gasteiger partial charge in [-0.05, 0) is 37.3 Å². The third-order valence-corrected chi connectivity index (χ3v) is 4.60. The Bertz CT molecular complexity index is 460. The molecular weight excluding hydrogens is 241 g/mol. The summed E-state index contributed by atoms with van der Waals surface area (Å²) in [5.41, 5.74) is 5.48. The number of aryl methyl sites for hydroxylation is 1. The summed E-state index contributed by atoms with van der Waals surface area (Å²) in [7, 11) is 0. The molecule has 0 fully saturated rings. The standard InChI is InChI=1S/C18H28BN/c1-5-7-15(8-6-2)14(3)20-17-10-9-16-11-12-19(4)18(16)13-17/h9-10,13,15,20H,3,5-8,11-12H2,1-2,4H3. The van der Waals surface area contributed by atoms with Crippen LogP contribution in [0.1, 0.15) is 45.1 Å². The lowest BCUT2D eigenvalue weighted by Gasteiger charge is -2.20. The third-order valence-electron chi connectivity index (χ3n) is 4.60. The van der Waals surface area contributed by atoms with Crippen molar-refractivity contribution in [1.29, 1.82) is 0 Å². The van der Waals surface area contributed by atoms with Gasteiger partial charge >= 0.3 is 0 Å². The fraction of sp³-hybridized carbons (Fsp3) is 0.556. The quantitative estimate of drug-likeness (QED) is 0.706. The minimum absolute atomic E-state index is 0.607. The fourth-order valence-electron chi connectivity index (χ4n) is 3.36. The van der Waals surface area contributed by atoms with E-state index in [0.717, 1.165) is 0 Å². The van der Waals surface area contributed by atoms with E-state index in [9.17, 15) is 0 Å². The molecule has 1 aliphatic heterocycles. The molecule has 0 unspecified atom stereocenters. The minimum Gasteiger partial charge on any atom is -0.359 e. The van der Waals surface area contributed by atoms with Crippen molar-refractivity contribution in [1.82, 2.24) is 0 Å². The van der Waals surface area contributed by atoms with Gasteiger partial charge in [-0.25, -0.2) is 0 Å². The van der Waals surface area contributed by atoms with Crippen LogP contribution in [-0.2, 0) is 6.42 Å². The number of hydrogen-bond acceptors (Lipinski definition) is 1. The molecule has 1 heterocycles. The molecule has 0 radical (unpaired) electrons. The number of benzene rings is 1. The van der Waals surface area contributed by atoms with Gasteiger partial charge in [-0.2, -0.15) is 0 Å². The van der Waals surface area contributed by atoms with Gasteiger partial charge in [-0.3, -0.25) is 0 Å². The van der Waals surface area contributed by atoms with Crippen LogP contribution in [0, 0.1) is 5.92 Å². The minimum atomic E-state index is 0.607. The van der Waals surface area contributed by atoms with Crippen molar-refractivity contribution in [2.75, 3.05) is 5.32 Å². The van der Waals surface area contributed by atoms with Crippen LogP contribution in [0.15, 0.2) is 30.5 Å². The maximum atomic E-state index is 4.29. The predicted molar refractivity (Wildman–Crippen MR) is 92.3 cm³/mol. The van der Waals surface area contributed by atoms with E-state index in [1.807, 2.05) is 0 Å². The van der Waals surface area contributed by atoms with Crippen LogP contribution >= 0.6 is 0 Å². The van der Waals surface area contributed by atoms with E-state index in [-0.39, 0.29) is 0 Å². The first-order valence-electron chi connectivity index (χ1n) is 8.24. The van der Waals surface area contributed by atoms with Gasteiger partial charge in [0.2, 0.25) is 0 Å². The lowest BCUT2D eigenvalue weighted by atomic mass is 9.48. The van der Waals surface area contributed by atoms with Crippen molar-refractivity contribution in [3.63, 3.8) is 0 Å². The van der Waals surface area contributed by atoms with Gasteiger partial charge in [-0.15, -0.1) is 0 Å². The van der Waals surface area contributed by atoms with Crippen LogP contribution < -0.4 is 10.8 Å². The van der Waals surface area contributed by atoms with Gasteiger partial charge < -0.3 is 5.32 Å². The van der Waals surface area contributed by atoms with E-state index in [4.69, 9.17) is 0 Å². The van der Waals surface area contributed by atoms with E-state index < -0.39 is 0 Å². The number of fused-ring (bicyclic) bond motifs is 1. The summed E-state index contributed by atoms with van der Waals surface area (Å²) in [4.78, 5) is 0. The second-order valence-corrected chi connectivity index (χ2v) is 6.28. The number of allylic oxidation sites excluding steroid dienone is 1. The van der Waals surface area contributed by atoms with E-state index in [0.29, 0.717) is 12.6 Å².